The van der Waals surface area contributed by atoms with Crippen molar-refractivity contribution in [3.05, 3.63) is 39.4 Å². The highest BCUT2D eigenvalue weighted by Crippen LogP contribution is 2.30. The molecule has 7 heteroatoms. The first-order valence-electron chi connectivity index (χ1n) is 7.10. The summed E-state index contributed by atoms with van der Waals surface area (Å²) in [5, 5.41) is 7.41. The normalized spacial score (nSPS) is 14.4. The van der Waals surface area contributed by atoms with E-state index in [0.29, 0.717) is 35.6 Å². The third-order valence-electron chi connectivity index (χ3n) is 3.49. The zero-order valence-corrected chi connectivity index (χ0v) is 12.6. The SMILES string of the molecule is CCc1cnc(CNc2c(Cl)cnn(CC3CC3)c2=O)o1. The second-order valence-electron chi connectivity index (χ2n) is 5.23. The quantitative estimate of drug-likeness (QED) is 0.887. The molecular formula is C14H17ClN4O2. The molecule has 0 radical (unpaired) electrons. The lowest BCUT2D eigenvalue weighted by Crippen LogP contribution is -2.26. The Bertz CT molecular complexity index is 691. The van der Waals surface area contributed by atoms with Gasteiger partial charge in [-0.25, -0.2) is 9.67 Å². The fraction of sp³-hybridized carbons (Fsp3) is 0.500. The number of oxazole rings is 1. The van der Waals surface area contributed by atoms with E-state index < -0.39 is 0 Å². The number of anilines is 1. The Morgan fingerprint density at radius 1 is 1.48 bits per heavy atom. The lowest BCUT2D eigenvalue weighted by molar-refractivity contribution is 0.465. The molecule has 21 heavy (non-hydrogen) atoms. The third kappa shape index (κ3) is 3.26. The fourth-order valence-electron chi connectivity index (χ4n) is 2.06. The summed E-state index contributed by atoms with van der Waals surface area (Å²) in [7, 11) is 0. The fourth-order valence-corrected chi connectivity index (χ4v) is 2.25. The Morgan fingerprint density at radius 3 is 2.95 bits per heavy atom. The molecular weight excluding hydrogens is 292 g/mol. The first kappa shape index (κ1) is 14.1. The van der Waals surface area contributed by atoms with Crippen LogP contribution in [0, 0.1) is 5.92 Å². The summed E-state index contributed by atoms with van der Waals surface area (Å²) in [6.07, 6.45) is 6.31. The molecule has 0 aliphatic heterocycles. The van der Waals surface area contributed by atoms with Crippen molar-refractivity contribution in [1.29, 1.82) is 0 Å². The summed E-state index contributed by atoms with van der Waals surface area (Å²) >= 11 is 6.06. The van der Waals surface area contributed by atoms with Gasteiger partial charge in [-0.2, -0.15) is 5.10 Å². The van der Waals surface area contributed by atoms with Crippen LogP contribution in [0.4, 0.5) is 5.69 Å². The van der Waals surface area contributed by atoms with E-state index in [0.717, 1.165) is 25.0 Å². The van der Waals surface area contributed by atoms with Crippen molar-refractivity contribution in [2.75, 3.05) is 5.32 Å². The van der Waals surface area contributed by atoms with E-state index in [2.05, 4.69) is 15.4 Å². The number of rotatable bonds is 6. The van der Waals surface area contributed by atoms with Gasteiger partial charge in [0.25, 0.3) is 5.56 Å². The van der Waals surface area contributed by atoms with Crippen molar-refractivity contribution in [3.63, 3.8) is 0 Å². The highest BCUT2D eigenvalue weighted by molar-refractivity contribution is 6.32. The number of hydrogen-bond donors (Lipinski definition) is 1. The number of nitrogens with one attached hydrogen (secondary N) is 1. The van der Waals surface area contributed by atoms with Crippen molar-refractivity contribution in [2.45, 2.75) is 39.3 Å². The molecule has 0 spiro atoms. The zero-order chi connectivity index (χ0) is 14.8. The maximum Gasteiger partial charge on any atom is 0.291 e. The maximum absolute atomic E-state index is 12.3. The van der Waals surface area contributed by atoms with Crippen LogP contribution in [0.5, 0.6) is 0 Å². The number of halogens is 1. The van der Waals surface area contributed by atoms with E-state index in [9.17, 15) is 4.79 Å². The van der Waals surface area contributed by atoms with Gasteiger partial charge in [0.05, 0.1) is 24.0 Å². The molecule has 2 aromatic rings. The van der Waals surface area contributed by atoms with Gasteiger partial charge in [-0.05, 0) is 18.8 Å². The monoisotopic (exact) mass is 308 g/mol. The Kier molecular flexibility index (Phi) is 3.96. The molecule has 1 N–H and O–H groups in total. The molecule has 3 rings (SSSR count). The number of hydrogen-bond acceptors (Lipinski definition) is 5. The van der Waals surface area contributed by atoms with Crippen LogP contribution in [0.15, 0.2) is 21.6 Å². The highest BCUT2D eigenvalue weighted by Gasteiger charge is 2.23. The number of aryl methyl sites for hydroxylation is 1. The molecule has 2 aromatic heterocycles. The maximum atomic E-state index is 12.3. The van der Waals surface area contributed by atoms with Crippen LogP contribution in [0.1, 0.15) is 31.4 Å². The molecule has 2 heterocycles. The smallest absolute Gasteiger partial charge is 0.291 e. The van der Waals surface area contributed by atoms with Crippen LogP contribution in [-0.2, 0) is 19.5 Å². The molecule has 0 bridgehead atoms. The molecule has 112 valence electrons. The van der Waals surface area contributed by atoms with Crippen LogP contribution in [0.3, 0.4) is 0 Å². The highest BCUT2D eigenvalue weighted by atomic mass is 35.5. The molecule has 0 amide bonds. The van der Waals surface area contributed by atoms with Crippen LogP contribution in [0.2, 0.25) is 5.02 Å². The number of nitrogens with zero attached hydrogens (tertiary/aromatic N) is 3. The average molecular weight is 309 g/mol. The standard InChI is InChI=1S/C14H17ClN4O2/c1-2-10-5-16-12(21-10)7-17-13-11(15)6-18-19(14(13)20)8-9-3-4-9/h5-6,9,17H,2-4,7-8H2,1H3. The van der Waals surface area contributed by atoms with Gasteiger partial charge in [-0.15, -0.1) is 0 Å². The predicted molar refractivity (Wildman–Crippen MR) is 79.4 cm³/mol. The van der Waals surface area contributed by atoms with Crippen LogP contribution < -0.4 is 10.9 Å². The molecule has 1 saturated carbocycles. The Labute approximate surface area is 127 Å². The van der Waals surface area contributed by atoms with Crippen molar-refractivity contribution < 1.29 is 4.42 Å². The second kappa shape index (κ2) is 5.89. The Hall–Kier alpha value is -1.82. The third-order valence-corrected chi connectivity index (χ3v) is 3.78. The van der Waals surface area contributed by atoms with Gasteiger partial charge in [0.1, 0.15) is 11.4 Å². The first-order valence-corrected chi connectivity index (χ1v) is 7.48. The lowest BCUT2D eigenvalue weighted by Gasteiger charge is -2.09. The minimum Gasteiger partial charge on any atom is -0.444 e. The van der Waals surface area contributed by atoms with Crippen LogP contribution in [-0.4, -0.2) is 14.8 Å². The van der Waals surface area contributed by atoms with Gasteiger partial charge in [0.2, 0.25) is 5.89 Å². The Balaban J connectivity index is 1.75. The molecule has 0 aromatic carbocycles. The van der Waals surface area contributed by atoms with E-state index in [-0.39, 0.29) is 5.56 Å². The summed E-state index contributed by atoms with van der Waals surface area (Å²) in [6, 6.07) is 0. The van der Waals surface area contributed by atoms with Gasteiger partial charge in [-0.1, -0.05) is 18.5 Å². The summed E-state index contributed by atoms with van der Waals surface area (Å²) in [4.78, 5) is 16.5. The van der Waals surface area contributed by atoms with Gasteiger partial charge >= 0.3 is 0 Å². The van der Waals surface area contributed by atoms with E-state index in [1.165, 1.54) is 10.9 Å². The topological polar surface area (TPSA) is 73.0 Å². The lowest BCUT2D eigenvalue weighted by atomic mass is 10.4. The average Bonchev–Trinajstić information content (AvgIpc) is 3.18. The van der Waals surface area contributed by atoms with Gasteiger partial charge in [0, 0.05) is 13.0 Å². The summed E-state index contributed by atoms with van der Waals surface area (Å²) in [6.45, 7) is 2.97. The largest absolute Gasteiger partial charge is 0.444 e. The summed E-state index contributed by atoms with van der Waals surface area (Å²) in [5.41, 5.74) is 0.153. The molecule has 6 nitrogen and oxygen atoms in total. The molecule has 0 atom stereocenters. The van der Waals surface area contributed by atoms with E-state index in [4.69, 9.17) is 16.0 Å². The second-order valence-corrected chi connectivity index (χ2v) is 5.63. The van der Waals surface area contributed by atoms with Gasteiger partial charge < -0.3 is 9.73 Å². The number of aromatic nitrogens is 3. The van der Waals surface area contributed by atoms with Gasteiger partial charge in [0.15, 0.2) is 0 Å². The minimum atomic E-state index is -0.198. The van der Waals surface area contributed by atoms with E-state index in [1.54, 1.807) is 6.20 Å². The molecule has 1 aliphatic rings. The van der Waals surface area contributed by atoms with Crippen LogP contribution >= 0.6 is 11.6 Å². The molecule has 0 saturated heterocycles. The van der Waals surface area contributed by atoms with Crippen molar-refractivity contribution in [3.8, 4) is 0 Å². The van der Waals surface area contributed by atoms with E-state index in [1.807, 2.05) is 6.92 Å². The first-order chi connectivity index (χ1) is 10.2. The van der Waals surface area contributed by atoms with Crippen molar-refractivity contribution in [2.24, 2.45) is 5.92 Å². The Morgan fingerprint density at radius 2 is 2.29 bits per heavy atom. The minimum absolute atomic E-state index is 0.198. The summed E-state index contributed by atoms with van der Waals surface area (Å²) in [5.74, 6) is 1.93. The predicted octanol–water partition coefficient (Wildman–Crippen LogP) is 2.47. The molecule has 0 unspecified atom stereocenters. The summed E-state index contributed by atoms with van der Waals surface area (Å²) < 4.78 is 6.97. The van der Waals surface area contributed by atoms with Gasteiger partial charge in [-0.3, -0.25) is 4.79 Å². The van der Waals surface area contributed by atoms with Crippen LogP contribution in [0.25, 0.3) is 0 Å². The molecule has 1 fully saturated rings. The van der Waals surface area contributed by atoms with Crippen molar-refractivity contribution >= 4 is 17.3 Å². The molecule has 1 aliphatic carbocycles. The zero-order valence-electron chi connectivity index (χ0n) is 11.8. The van der Waals surface area contributed by atoms with Crippen molar-refractivity contribution in [1.82, 2.24) is 14.8 Å². The van der Waals surface area contributed by atoms with E-state index >= 15 is 0 Å².